The van der Waals surface area contributed by atoms with Gasteiger partial charge in [0, 0.05) is 18.3 Å². The van der Waals surface area contributed by atoms with E-state index in [4.69, 9.17) is 0 Å². The van der Waals surface area contributed by atoms with Gasteiger partial charge in [0.25, 0.3) is 11.8 Å². The molecule has 162 valence electrons. The third-order valence-corrected chi connectivity index (χ3v) is 4.55. The molecule has 0 bridgehead atoms. The normalized spacial score (nSPS) is 16.3. The summed E-state index contributed by atoms with van der Waals surface area (Å²) in [7, 11) is 1.24. The number of urea groups is 1. The number of hydrogen-bond acceptors (Lipinski definition) is 4. The standard InChI is InChI=1S/C20H17F3N4O4/c1-27-16(28)10-15(18(27)30)26-19(31)25-14-8-7-12(9-13(14)20(21,22)23)24-17(29)11-5-3-2-4-6-11/h2-9,15H,10H2,1H3,(H,24,29)(H2,25,26,31)/t15-/m1/s1. The molecule has 2 aromatic rings. The number of likely N-dealkylation sites (tertiary alicyclic amines) is 1. The van der Waals surface area contributed by atoms with Gasteiger partial charge in [-0.3, -0.25) is 19.3 Å². The molecule has 31 heavy (non-hydrogen) atoms. The molecular formula is C20H17F3N4O4. The van der Waals surface area contributed by atoms with Crippen LogP contribution in [-0.2, 0) is 15.8 Å². The van der Waals surface area contributed by atoms with Crippen LogP contribution in [0.3, 0.4) is 0 Å². The summed E-state index contributed by atoms with van der Waals surface area (Å²) >= 11 is 0. The van der Waals surface area contributed by atoms with Gasteiger partial charge in [-0.1, -0.05) is 18.2 Å². The lowest BCUT2D eigenvalue weighted by Gasteiger charge is -2.17. The number of carbonyl (C=O) groups is 4. The third-order valence-electron chi connectivity index (χ3n) is 4.55. The van der Waals surface area contributed by atoms with Gasteiger partial charge >= 0.3 is 12.2 Å². The number of benzene rings is 2. The minimum absolute atomic E-state index is 0.120. The fourth-order valence-corrected chi connectivity index (χ4v) is 2.94. The van der Waals surface area contributed by atoms with Gasteiger partial charge in [-0.15, -0.1) is 0 Å². The zero-order valence-electron chi connectivity index (χ0n) is 16.1. The van der Waals surface area contributed by atoms with E-state index in [9.17, 15) is 32.3 Å². The lowest BCUT2D eigenvalue weighted by Crippen LogP contribution is -2.42. The summed E-state index contributed by atoms with van der Waals surface area (Å²) in [4.78, 5) is 48.5. The molecule has 0 unspecified atom stereocenters. The molecule has 1 aliphatic rings. The van der Waals surface area contributed by atoms with Crippen molar-refractivity contribution in [3.05, 3.63) is 59.7 Å². The van der Waals surface area contributed by atoms with Crippen molar-refractivity contribution in [3.8, 4) is 0 Å². The Bertz CT molecular complexity index is 1040. The first-order valence-corrected chi connectivity index (χ1v) is 9.02. The summed E-state index contributed by atoms with van der Waals surface area (Å²) in [6.07, 6.45) is -5.12. The van der Waals surface area contributed by atoms with Crippen LogP contribution in [0.25, 0.3) is 0 Å². The Morgan fingerprint density at radius 1 is 1.03 bits per heavy atom. The van der Waals surface area contributed by atoms with Crippen molar-refractivity contribution < 1.29 is 32.3 Å². The van der Waals surface area contributed by atoms with Gasteiger partial charge in [0.1, 0.15) is 6.04 Å². The van der Waals surface area contributed by atoms with Crippen LogP contribution in [0.15, 0.2) is 48.5 Å². The van der Waals surface area contributed by atoms with E-state index in [0.29, 0.717) is 6.07 Å². The van der Waals surface area contributed by atoms with Crippen LogP contribution in [0.4, 0.5) is 29.3 Å². The highest BCUT2D eigenvalue weighted by molar-refractivity contribution is 6.07. The van der Waals surface area contributed by atoms with Crippen LogP contribution in [0.1, 0.15) is 22.3 Å². The fourth-order valence-electron chi connectivity index (χ4n) is 2.94. The molecule has 8 nitrogen and oxygen atoms in total. The van der Waals surface area contributed by atoms with E-state index in [2.05, 4.69) is 10.6 Å². The molecule has 1 saturated heterocycles. The van der Waals surface area contributed by atoms with E-state index in [1.54, 1.807) is 18.2 Å². The number of amides is 5. The maximum Gasteiger partial charge on any atom is 0.418 e. The predicted molar refractivity (Wildman–Crippen MR) is 104 cm³/mol. The second-order valence-electron chi connectivity index (χ2n) is 6.72. The molecule has 0 spiro atoms. The van der Waals surface area contributed by atoms with Gasteiger partial charge in [0.15, 0.2) is 0 Å². The molecule has 0 aromatic heterocycles. The lowest BCUT2D eigenvalue weighted by molar-refractivity contribution is -0.138. The molecule has 5 amide bonds. The van der Waals surface area contributed by atoms with Crippen LogP contribution in [-0.4, -0.2) is 41.7 Å². The van der Waals surface area contributed by atoms with Gasteiger partial charge in [-0.05, 0) is 30.3 Å². The van der Waals surface area contributed by atoms with Crippen molar-refractivity contribution in [2.45, 2.75) is 18.6 Å². The second kappa shape index (κ2) is 8.46. The average molecular weight is 434 g/mol. The van der Waals surface area contributed by atoms with Crippen molar-refractivity contribution in [2.75, 3.05) is 17.7 Å². The van der Waals surface area contributed by atoms with Crippen molar-refractivity contribution in [3.63, 3.8) is 0 Å². The number of imide groups is 1. The summed E-state index contributed by atoms with van der Waals surface area (Å²) in [5, 5.41) is 6.60. The van der Waals surface area contributed by atoms with Crippen molar-refractivity contribution >= 4 is 35.1 Å². The molecule has 1 heterocycles. The molecule has 1 fully saturated rings. The first kappa shape index (κ1) is 21.8. The fraction of sp³-hybridized carbons (Fsp3) is 0.200. The van der Waals surface area contributed by atoms with Gasteiger partial charge in [0.05, 0.1) is 17.7 Å². The van der Waals surface area contributed by atoms with Crippen molar-refractivity contribution in [2.24, 2.45) is 0 Å². The van der Waals surface area contributed by atoms with E-state index < -0.39 is 47.2 Å². The Morgan fingerprint density at radius 3 is 2.29 bits per heavy atom. The molecular weight excluding hydrogens is 417 g/mol. The number of nitrogens with one attached hydrogen (secondary N) is 3. The number of anilines is 2. The Balaban J connectivity index is 1.76. The van der Waals surface area contributed by atoms with Crippen LogP contribution < -0.4 is 16.0 Å². The molecule has 2 aromatic carbocycles. The summed E-state index contributed by atoms with van der Waals surface area (Å²) in [6, 6.07) is 8.57. The molecule has 11 heteroatoms. The largest absolute Gasteiger partial charge is 0.418 e. The van der Waals surface area contributed by atoms with E-state index in [1.807, 2.05) is 5.32 Å². The molecule has 1 aliphatic heterocycles. The van der Waals surface area contributed by atoms with Crippen molar-refractivity contribution in [1.82, 2.24) is 10.2 Å². The molecule has 0 saturated carbocycles. The number of likely N-dealkylation sites (N-methyl/N-ethyl adjacent to an activating group) is 1. The third kappa shape index (κ3) is 5.00. The number of alkyl halides is 3. The molecule has 0 aliphatic carbocycles. The first-order valence-electron chi connectivity index (χ1n) is 9.02. The van der Waals surface area contributed by atoms with Crippen LogP contribution in [0, 0.1) is 0 Å². The highest BCUT2D eigenvalue weighted by Gasteiger charge is 2.38. The quantitative estimate of drug-likeness (QED) is 0.643. The SMILES string of the molecule is CN1C(=O)C[C@@H](NC(=O)Nc2ccc(NC(=O)c3ccccc3)cc2C(F)(F)F)C1=O. The monoisotopic (exact) mass is 434 g/mol. The number of nitrogens with zero attached hydrogens (tertiary/aromatic N) is 1. The van der Waals surface area contributed by atoms with Crippen LogP contribution in [0.2, 0.25) is 0 Å². The van der Waals surface area contributed by atoms with E-state index >= 15 is 0 Å². The topological polar surface area (TPSA) is 108 Å². The van der Waals surface area contributed by atoms with Crippen molar-refractivity contribution in [1.29, 1.82) is 0 Å². The number of rotatable bonds is 4. The predicted octanol–water partition coefficient (Wildman–Crippen LogP) is 2.84. The first-order chi connectivity index (χ1) is 14.6. The number of halogens is 3. The molecule has 3 N–H and O–H groups in total. The van der Waals surface area contributed by atoms with Gasteiger partial charge in [0.2, 0.25) is 5.91 Å². The zero-order valence-corrected chi connectivity index (χ0v) is 16.1. The number of hydrogen-bond donors (Lipinski definition) is 3. The van der Waals surface area contributed by atoms with E-state index in [-0.39, 0.29) is 17.7 Å². The Kier molecular flexibility index (Phi) is 5.95. The summed E-state index contributed by atoms with van der Waals surface area (Å²) < 4.78 is 40.6. The summed E-state index contributed by atoms with van der Waals surface area (Å²) in [6.45, 7) is 0. The Hall–Kier alpha value is -3.89. The summed E-state index contributed by atoms with van der Waals surface area (Å²) in [5.74, 6) is -1.76. The highest BCUT2D eigenvalue weighted by Crippen LogP contribution is 2.36. The van der Waals surface area contributed by atoms with Gasteiger partial charge in [-0.25, -0.2) is 4.79 Å². The maximum absolute atomic E-state index is 13.5. The zero-order chi connectivity index (χ0) is 22.8. The smallest absolute Gasteiger partial charge is 0.326 e. The molecule has 1 atom stereocenters. The number of carbonyl (C=O) groups excluding carboxylic acids is 4. The Morgan fingerprint density at radius 2 is 1.71 bits per heavy atom. The minimum atomic E-state index is -4.84. The summed E-state index contributed by atoms with van der Waals surface area (Å²) in [5.41, 5.74) is -1.63. The van der Waals surface area contributed by atoms with E-state index in [0.717, 1.165) is 11.0 Å². The maximum atomic E-state index is 13.5. The van der Waals surface area contributed by atoms with E-state index in [1.165, 1.54) is 25.2 Å². The molecule has 0 radical (unpaired) electrons. The van der Waals surface area contributed by atoms with Crippen LogP contribution in [0.5, 0.6) is 0 Å². The average Bonchev–Trinajstić information content (AvgIpc) is 2.95. The van der Waals surface area contributed by atoms with Gasteiger partial charge in [-0.2, -0.15) is 13.2 Å². The van der Waals surface area contributed by atoms with Crippen LogP contribution >= 0.6 is 0 Å². The lowest BCUT2D eigenvalue weighted by atomic mass is 10.1. The van der Waals surface area contributed by atoms with Gasteiger partial charge < -0.3 is 16.0 Å². The minimum Gasteiger partial charge on any atom is -0.326 e. The Labute approximate surface area is 174 Å². The molecule has 3 rings (SSSR count). The highest BCUT2D eigenvalue weighted by atomic mass is 19.4. The second-order valence-corrected chi connectivity index (χ2v) is 6.72.